The zero-order chi connectivity index (χ0) is 24.6. The van der Waals surface area contributed by atoms with Crippen LogP contribution in [-0.2, 0) is 12.8 Å². The summed E-state index contributed by atoms with van der Waals surface area (Å²) in [5.41, 5.74) is 9.82. The average molecular weight is 482 g/mol. The lowest BCUT2D eigenvalue weighted by molar-refractivity contribution is -0.0420. The molecule has 7 nitrogen and oxygen atoms in total. The quantitative estimate of drug-likeness (QED) is 0.554. The topological polar surface area (TPSA) is 98.9 Å². The third-order valence-corrected chi connectivity index (χ3v) is 7.35. The van der Waals surface area contributed by atoms with Crippen molar-refractivity contribution in [2.45, 2.75) is 83.1 Å². The number of hydrogen-bond donors (Lipinski definition) is 3. The highest BCUT2D eigenvalue weighted by molar-refractivity contribution is 5.44. The molecule has 5 rings (SSSR count). The highest BCUT2D eigenvalue weighted by Crippen LogP contribution is 2.48. The standard InChI is InChI=1S/C28H39N3O4/c1-27(2,3)14-19-11-20-22(15-28(7-4-8-28)35-26(20)31-16-19)30-17-23(32)21(29)12-18-5-6-24-25(13-18)34-10-9-33-24/h5-6,11,13,16,21-23,30,32H,4,7-10,12,14-15,17,29H2,1-3H3/t21-,22-,23+/m0/s1. The summed E-state index contributed by atoms with van der Waals surface area (Å²) in [4.78, 5) is 4.71. The van der Waals surface area contributed by atoms with Crippen molar-refractivity contribution in [3.63, 3.8) is 0 Å². The number of rotatable bonds is 7. The normalized spacial score (nSPS) is 22.0. The molecule has 1 aromatic carbocycles. The second kappa shape index (κ2) is 9.60. The van der Waals surface area contributed by atoms with Crippen molar-refractivity contribution in [3.05, 3.63) is 47.2 Å². The summed E-state index contributed by atoms with van der Waals surface area (Å²) >= 11 is 0. The van der Waals surface area contributed by atoms with E-state index in [9.17, 15) is 5.11 Å². The lowest BCUT2D eigenvalue weighted by atomic mass is 9.73. The van der Waals surface area contributed by atoms with Gasteiger partial charge in [0.15, 0.2) is 11.5 Å². The second-order valence-corrected chi connectivity index (χ2v) is 11.7. The number of ether oxygens (including phenoxy) is 3. The van der Waals surface area contributed by atoms with E-state index in [1.54, 1.807) is 0 Å². The number of nitrogens with zero attached hydrogens (tertiary/aromatic N) is 1. The Morgan fingerprint density at radius 2 is 1.91 bits per heavy atom. The molecule has 190 valence electrons. The molecule has 3 heterocycles. The van der Waals surface area contributed by atoms with Gasteiger partial charge in [-0.2, -0.15) is 0 Å². The minimum atomic E-state index is -0.683. The van der Waals surface area contributed by atoms with Crippen LogP contribution in [0.1, 0.15) is 69.2 Å². The molecule has 0 radical (unpaired) electrons. The maximum Gasteiger partial charge on any atom is 0.218 e. The monoisotopic (exact) mass is 481 g/mol. The van der Waals surface area contributed by atoms with E-state index in [-0.39, 0.29) is 17.1 Å². The molecular weight excluding hydrogens is 442 g/mol. The van der Waals surface area contributed by atoms with Gasteiger partial charge in [-0.3, -0.25) is 0 Å². The van der Waals surface area contributed by atoms with Gasteiger partial charge in [-0.15, -0.1) is 0 Å². The molecule has 2 aliphatic heterocycles. The number of pyridine rings is 1. The van der Waals surface area contributed by atoms with E-state index >= 15 is 0 Å². The SMILES string of the molecule is CC(C)(C)Cc1cnc2c(c1)[C@@H](NC[C@@H](O)[C@@H](N)Cc1ccc3c(c1)OCCO3)CC1(CCC1)O2. The van der Waals surface area contributed by atoms with Crippen LogP contribution in [0, 0.1) is 5.41 Å². The third kappa shape index (κ3) is 5.57. The summed E-state index contributed by atoms with van der Waals surface area (Å²) in [5, 5.41) is 14.5. The van der Waals surface area contributed by atoms with Crippen LogP contribution in [0.3, 0.4) is 0 Å². The van der Waals surface area contributed by atoms with Gasteiger partial charge >= 0.3 is 0 Å². The van der Waals surface area contributed by atoms with Crippen molar-refractivity contribution in [2.75, 3.05) is 19.8 Å². The number of nitrogens with two attached hydrogens (primary N) is 1. The molecule has 3 aliphatic rings. The Kier molecular flexibility index (Phi) is 6.68. The van der Waals surface area contributed by atoms with Crippen LogP contribution in [0.4, 0.5) is 0 Å². The number of aromatic nitrogens is 1. The van der Waals surface area contributed by atoms with Gasteiger partial charge in [0.1, 0.15) is 18.8 Å². The predicted molar refractivity (Wildman–Crippen MR) is 135 cm³/mol. The summed E-state index contributed by atoms with van der Waals surface area (Å²) < 4.78 is 17.7. The maximum atomic E-state index is 10.9. The van der Waals surface area contributed by atoms with E-state index in [2.05, 4.69) is 32.2 Å². The van der Waals surface area contributed by atoms with E-state index in [0.29, 0.717) is 26.2 Å². The van der Waals surface area contributed by atoms with Crippen LogP contribution >= 0.6 is 0 Å². The summed E-state index contributed by atoms with van der Waals surface area (Å²) in [6, 6.07) is 7.80. The van der Waals surface area contributed by atoms with Crippen molar-refractivity contribution >= 4 is 0 Å². The fourth-order valence-corrected chi connectivity index (χ4v) is 5.38. The van der Waals surface area contributed by atoms with Gasteiger partial charge in [0.2, 0.25) is 5.88 Å². The maximum absolute atomic E-state index is 10.9. The highest BCUT2D eigenvalue weighted by Gasteiger charge is 2.46. The molecule has 3 atom stereocenters. The Morgan fingerprint density at radius 1 is 1.14 bits per heavy atom. The first-order valence-electron chi connectivity index (χ1n) is 12.9. The third-order valence-electron chi connectivity index (χ3n) is 7.35. The fourth-order valence-electron chi connectivity index (χ4n) is 5.38. The molecule has 4 N–H and O–H groups in total. The number of nitrogens with one attached hydrogen (secondary N) is 1. The van der Waals surface area contributed by atoms with Crippen LogP contribution in [-0.4, -0.2) is 47.6 Å². The van der Waals surface area contributed by atoms with Gasteiger partial charge in [0.25, 0.3) is 0 Å². The zero-order valence-corrected chi connectivity index (χ0v) is 21.2. The molecule has 1 aromatic heterocycles. The number of aliphatic hydroxyl groups excluding tert-OH is 1. The van der Waals surface area contributed by atoms with Crippen molar-refractivity contribution in [2.24, 2.45) is 11.1 Å². The molecule has 0 unspecified atom stereocenters. The Hall–Kier alpha value is -2.35. The Balaban J connectivity index is 1.25. The fraction of sp³-hybridized carbons (Fsp3) is 0.607. The van der Waals surface area contributed by atoms with Crippen LogP contribution in [0.5, 0.6) is 17.4 Å². The van der Waals surface area contributed by atoms with Crippen LogP contribution in [0.25, 0.3) is 0 Å². The Morgan fingerprint density at radius 3 is 2.63 bits per heavy atom. The van der Waals surface area contributed by atoms with Gasteiger partial charge in [0, 0.05) is 36.8 Å². The molecule has 7 heteroatoms. The summed E-state index contributed by atoms with van der Waals surface area (Å²) in [6.07, 6.45) is 6.98. The molecule has 1 spiro atoms. The van der Waals surface area contributed by atoms with Crippen molar-refractivity contribution < 1.29 is 19.3 Å². The second-order valence-electron chi connectivity index (χ2n) is 11.7. The van der Waals surface area contributed by atoms with Gasteiger partial charge < -0.3 is 30.4 Å². The molecule has 0 saturated heterocycles. The molecule has 1 fully saturated rings. The van der Waals surface area contributed by atoms with Crippen molar-refractivity contribution in [1.82, 2.24) is 10.3 Å². The van der Waals surface area contributed by atoms with Crippen molar-refractivity contribution in [3.8, 4) is 17.4 Å². The summed E-state index contributed by atoms with van der Waals surface area (Å²) in [5.74, 6) is 2.25. The smallest absolute Gasteiger partial charge is 0.218 e. The summed E-state index contributed by atoms with van der Waals surface area (Å²) in [7, 11) is 0. The number of hydrogen-bond acceptors (Lipinski definition) is 7. The first kappa shape index (κ1) is 24.3. The molecule has 2 aromatic rings. The minimum Gasteiger partial charge on any atom is -0.486 e. The van der Waals surface area contributed by atoms with Crippen LogP contribution in [0.15, 0.2) is 30.5 Å². The summed E-state index contributed by atoms with van der Waals surface area (Å²) in [6.45, 7) is 8.25. The largest absolute Gasteiger partial charge is 0.486 e. The molecule has 1 aliphatic carbocycles. The molecule has 35 heavy (non-hydrogen) atoms. The number of aliphatic hydroxyl groups is 1. The zero-order valence-electron chi connectivity index (χ0n) is 21.2. The van der Waals surface area contributed by atoms with Crippen LogP contribution < -0.4 is 25.3 Å². The van der Waals surface area contributed by atoms with E-state index < -0.39 is 12.1 Å². The molecular formula is C28H39N3O4. The average Bonchev–Trinajstić information content (AvgIpc) is 2.80. The minimum absolute atomic E-state index is 0.0858. The van der Waals surface area contributed by atoms with Crippen molar-refractivity contribution in [1.29, 1.82) is 0 Å². The Labute approximate surface area is 208 Å². The molecule has 0 bridgehead atoms. The van der Waals surface area contributed by atoms with Gasteiger partial charge in [-0.05, 0) is 66.8 Å². The van der Waals surface area contributed by atoms with Gasteiger partial charge in [0.05, 0.1) is 6.10 Å². The predicted octanol–water partition coefficient (Wildman–Crippen LogP) is 3.71. The lowest BCUT2D eigenvalue weighted by Gasteiger charge is -2.47. The van der Waals surface area contributed by atoms with E-state index in [0.717, 1.165) is 54.2 Å². The highest BCUT2D eigenvalue weighted by atomic mass is 16.6. The van der Waals surface area contributed by atoms with Crippen LogP contribution in [0.2, 0.25) is 0 Å². The van der Waals surface area contributed by atoms with Gasteiger partial charge in [-0.25, -0.2) is 4.98 Å². The van der Waals surface area contributed by atoms with E-state index in [1.165, 1.54) is 12.0 Å². The molecule has 1 saturated carbocycles. The molecule has 0 amide bonds. The first-order valence-corrected chi connectivity index (χ1v) is 12.9. The number of benzene rings is 1. The van der Waals surface area contributed by atoms with E-state index in [4.69, 9.17) is 24.9 Å². The lowest BCUT2D eigenvalue weighted by Crippen LogP contribution is -2.51. The number of fused-ring (bicyclic) bond motifs is 2. The van der Waals surface area contributed by atoms with Gasteiger partial charge in [-0.1, -0.05) is 26.8 Å². The Bertz CT molecular complexity index is 1050. The first-order chi connectivity index (χ1) is 16.7. The van der Waals surface area contributed by atoms with E-state index in [1.807, 2.05) is 24.4 Å².